The molecular weight excluding hydrogens is 314 g/mol. The summed E-state index contributed by atoms with van der Waals surface area (Å²) in [7, 11) is 0. The molecule has 5 N–H and O–H groups in total. The van der Waals surface area contributed by atoms with E-state index in [-0.39, 0.29) is 0 Å². The molecule has 0 aliphatic rings. The molecule has 0 radical (unpaired) electrons. The van der Waals surface area contributed by atoms with Gasteiger partial charge in [0, 0.05) is 11.6 Å². The van der Waals surface area contributed by atoms with E-state index >= 15 is 0 Å². The van der Waals surface area contributed by atoms with Gasteiger partial charge < -0.3 is 10.8 Å². The smallest absolute Gasteiger partial charge is 0.269 e. The summed E-state index contributed by atoms with van der Waals surface area (Å²) in [4.78, 5) is 23.9. The number of carbonyl (C=O) groups is 2. The number of amides is 2. The molecule has 6 nitrogen and oxygen atoms in total. The van der Waals surface area contributed by atoms with Crippen LogP contribution in [0, 0.1) is 13.8 Å². The number of benzene rings is 1. The molecule has 0 bridgehead atoms. The highest BCUT2D eigenvalue weighted by Gasteiger charge is 2.23. The van der Waals surface area contributed by atoms with Crippen molar-refractivity contribution in [2.45, 2.75) is 39.3 Å². The maximum Gasteiger partial charge on any atom is 0.269 e. The molecule has 23 heavy (non-hydrogen) atoms. The van der Waals surface area contributed by atoms with Crippen LogP contribution in [0.15, 0.2) is 18.2 Å². The quantitative estimate of drug-likeness (QED) is 0.436. The number of aliphatic hydroxyl groups excluding tert-OH is 1. The van der Waals surface area contributed by atoms with Gasteiger partial charge in [0.2, 0.25) is 0 Å². The van der Waals surface area contributed by atoms with Crippen molar-refractivity contribution in [1.29, 1.82) is 0 Å². The van der Waals surface area contributed by atoms with Gasteiger partial charge >= 0.3 is 0 Å². The molecule has 0 aliphatic carbocycles. The number of nitrogens with two attached hydrogens (primary N) is 1. The summed E-state index contributed by atoms with van der Waals surface area (Å²) >= 11 is 1.69. The van der Waals surface area contributed by atoms with E-state index in [0.29, 0.717) is 12.0 Å². The zero-order valence-electron chi connectivity index (χ0n) is 13.8. The molecule has 1 rings (SSSR count). The Balaban J connectivity index is 2.51. The summed E-state index contributed by atoms with van der Waals surface area (Å²) < 4.78 is 0. The van der Waals surface area contributed by atoms with E-state index in [0.717, 1.165) is 22.6 Å². The zero-order valence-corrected chi connectivity index (χ0v) is 14.6. The van der Waals surface area contributed by atoms with Gasteiger partial charge in [-0.15, -0.1) is 0 Å². The van der Waals surface area contributed by atoms with E-state index in [9.17, 15) is 14.7 Å². The number of hydrazine groups is 1. The van der Waals surface area contributed by atoms with Crippen LogP contribution in [-0.2, 0) is 4.79 Å². The third-order valence-electron chi connectivity index (χ3n) is 3.62. The third kappa shape index (κ3) is 5.85. The maximum absolute atomic E-state index is 12.1. The second-order valence-corrected chi connectivity index (χ2v) is 6.68. The van der Waals surface area contributed by atoms with E-state index < -0.39 is 24.0 Å². The first kappa shape index (κ1) is 19.5. The molecule has 1 aromatic rings. The predicted octanol–water partition coefficient (Wildman–Crippen LogP) is 0.896. The number of carbonyl (C=O) groups excluding carboxylic acids is 2. The lowest BCUT2D eigenvalue weighted by Gasteiger charge is -2.18. The summed E-state index contributed by atoms with van der Waals surface area (Å²) in [6.45, 7) is 5.77. The van der Waals surface area contributed by atoms with E-state index in [4.69, 9.17) is 5.73 Å². The molecule has 0 fully saturated rings. The second kappa shape index (κ2) is 9.54. The number of aryl methyl sites for hydroxylation is 1. The standard InChI is InChI=1S/C16H25N3O3S/c1-4-23-9-8-13(17)14(20)16(22)19-18-15(21)12-7-5-6-10(2)11(12)3/h5-7,13-14,20H,4,8-9,17H2,1-3H3,(H,18,21)(H,19,22)/t13-,14?/m1/s1. The highest BCUT2D eigenvalue weighted by Crippen LogP contribution is 2.12. The van der Waals surface area contributed by atoms with Crippen LogP contribution in [0.1, 0.15) is 34.8 Å². The average molecular weight is 339 g/mol. The molecule has 1 aromatic carbocycles. The van der Waals surface area contributed by atoms with Gasteiger partial charge in [0.1, 0.15) is 6.10 Å². The minimum absolute atomic E-state index is 0.429. The number of hydrogen-bond donors (Lipinski definition) is 4. The first-order chi connectivity index (χ1) is 10.9. The lowest BCUT2D eigenvalue weighted by Crippen LogP contribution is -2.52. The summed E-state index contributed by atoms with van der Waals surface area (Å²) in [6.07, 6.45) is -0.829. The molecule has 0 saturated heterocycles. The Kier molecular flexibility index (Phi) is 8.08. The van der Waals surface area contributed by atoms with Crippen LogP contribution in [0.5, 0.6) is 0 Å². The van der Waals surface area contributed by atoms with Gasteiger partial charge in [0.15, 0.2) is 0 Å². The Morgan fingerprint density at radius 2 is 2.00 bits per heavy atom. The SMILES string of the molecule is CCSCC[C@@H](N)C(O)C(=O)NNC(=O)c1cccc(C)c1C. The van der Waals surface area contributed by atoms with Crippen LogP contribution in [0.2, 0.25) is 0 Å². The third-order valence-corrected chi connectivity index (χ3v) is 4.55. The minimum Gasteiger partial charge on any atom is -0.382 e. The molecule has 0 heterocycles. The number of rotatable bonds is 7. The van der Waals surface area contributed by atoms with Gasteiger partial charge in [-0.1, -0.05) is 19.1 Å². The van der Waals surface area contributed by atoms with Crippen LogP contribution < -0.4 is 16.6 Å². The van der Waals surface area contributed by atoms with Crippen LogP contribution in [0.3, 0.4) is 0 Å². The van der Waals surface area contributed by atoms with Crippen LogP contribution in [0.25, 0.3) is 0 Å². The van der Waals surface area contributed by atoms with Crippen molar-refractivity contribution in [2.75, 3.05) is 11.5 Å². The van der Waals surface area contributed by atoms with Crippen molar-refractivity contribution >= 4 is 23.6 Å². The van der Waals surface area contributed by atoms with Gasteiger partial charge in [-0.05, 0) is 49.0 Å². The van der Waals surface area contributed by atoms with Crippen LogP contribution in [0.4, 0.5) is 0 Å². The fraction of sp³-hybridized carbons (Fsp3) is 0.500. The highest BCUT2D eigenvalue weighted by molar-refractivity contribution is 7.99. The van der Waals surface area contributed by atoms with Crippen molar-refractivity contribution in [1.82, 2.24) is 10.9 Å². The molecule has 128 valence electrons. The molecule has 2 atom stereocenters. The Labute approximate surface area is 141 Å². The van der Waals surface area contributed by atoms with Gasteiger partial charge in [-0.25, -0.2) is 0 Å². The van der Waals surface area contributed by atoms with Gasteiger partial charge in [0.05, 0.1) is 0 Å². The second-order valence-electron chi connectivity index (χ2n) is 5.29. The number of nitrogens with one attached hydrogen (secondary N) is 2. The van der Waals surface area contributed by atoms with Crippen molar-refractivity contribution in [2.24, 2.45) is 5.73 Å². The monoisotopic (exact) mass is 339 g/mol. The van der Waals surface area contributed by atoms with Crippen molar-refractivity contribution in [3.05, 3.63) is 34.9 Å². The molecule has 7 heteroatoms. The Morgan fingerprint density at radius 1 is 1.30 bits per heavy atom. The normalized spacial score (nSPS) is 13.3. The van der Waals surface area contributed by atoms with E-state index in [2.05, 4.69) is 10.9 Å². The predicted molar refractivity (Wildman–Crippen MR) is 93.1 cm³/mol. The summed E-state index contributed by atoms with van der Waals surface area (Å²) in [5, 5.41) is 9.87. The Bertz CT molecular complexity index is 551. The largest absolute Gasteiger partial charge is 0.382 e. The van der Waals surface area contributed by atoms with E-state index in [1.165, 1.54) is 0 Å². The number of aliphatic hydroxyl groups is 1. The summed E-state index contributed by atoms with van der Waals surface area (Å²) in [5.41, 5.74) is 12.6. The molecule has 0 aliphatic heterocycles. The lowest BCUT2D eigenvalue weighted by molar-refractivity contribution is -0.131. The van der Waals surface area contributed by atoms with Gasteiger partial charge in [-0.3, -0.25) is 20.4 Å². The van der Waals surface area contributed by atoms with Crippen LogP contribution in [-0.4, -0.2) is 40.6 Å². The summed E-state index contributed by atoms with van der Waals surface area (Å²) in [5.74, 6) is 0.595. The topological polar surface area (TPSA) is 104 Å². The van der Waals surface area contributed by atoms with Crippen molar-refractivity contribution < 1.29 is 14.7 Å². The molecule has 0 aromatic heterocycles. The van der Waals surface area contributed by atoms with Crippen LogP contribution >= 0.6 is 11.8 Å². The minimum atomic E-state index is -1.36. The molecule has 2 amide bonds. The number of hydrogen-bond acceptors (Lipinski definition) is 5. The lowest BCUT2D eigenvalue weighted by atomic mass is 10.0. The molecule has 1 unspecified atom stereocenters. The van der Waals surface area contributed by atoms with E-state index in [1.54, 1.807) is 23.9 Å². The van der Waals surface area contributed by atoms with Gasteiger partial charge in [-0.2, -0.15) is 11.8 Å². The Morgan fingerprint density at radius 3 is 2.65 bits per heavy atom. The molecule has 0 saturated carbocycles. The first-order valence-corrected chi connectivity index (χ1v) is 8.71. The highest BCUT2D eigenvalue weighted by atomic mass is 32.2. The fourth-order valence-corrected chi connectivity index (χ4v) is 2.70. The molecular formula is C16H25N3O3S. The van der Waals surface area contributed by atoms with E-state index in [1.807, 2.05) is 26.8 Å². The van der Waals surface area contributed by atoms with Crippen molar-refractivity contribution in [3.63, 3.8) is 0 Å². The average Bonchev–Trinajstić information content (AvgIpc) is 2.54. The Hall–Kier alpha value is -1.57. The zero-order chi connectivity index (χ0) is 17.4. The first-order valence-electron chi connectivity index (χ1n) is 7.56. The number of thioether (sulfide) groups is 1. The maximum atomic E-state index is 12.1. The fourth-order valence-electron chi connectivity index (χ4n) is 1.97. The summed E-state index contributed by atoms with van der Waals surface area (Å²) in [6, 6.07) is 4.69. The molecule has 0 spiro atoms. The van der Waals surface area contributed by atoms with Crippen molar-refractivity contribution in [3.8, 4) is 0 Å². The van der Waals surface area contributed by atoms with Gasteiger partial charge in [0.25, 0.3) is 11.8 Å².